The van der Waals surface area contributed by atoms with Crippen LogP contribution < -0.4 is 14.2 Å². The highest BCUT2D eigenvalue weighted by Gasteiger charge is 2.24. The lowest BCUT2D eigenvalue weighted by Gasteiger charge is -2.14. The van der Waals surface area contributed by atoms with E-state index in [9.17, 15) is 9.59 Å². The standard InChI is InChI=1S/C22H20BrNO7/c1-4-29-18-11-13(9-16(23)20(18)30-12-19(25)28-3)10-17-22(26)31-21(24-17)14-5-7-15(27-2)8-6-14/h5-11H,4,12H2,1-3H3. The van der Waals surface area contributed by atoms with Gasteiger partial charge >= 0.3 is 11.9 Å². The van der Waals surface area contributed by atoms with Crippen LogP contribution in [0.15, 0.2) is 51.6 Å². The molecule has 1 heterocycles. The van der Waals surface area contributed by atoms with Gasteiger partial charge in [0, 0.05) is 5.56 Å². The van der Waals surface area contributed by atoms with Crippen molar-refractivity contribution in [3.8, 4) is 17.2 Å². The second kappa shape index (κ2) is 10.1. The monoisotopic (exact) mass is 489 g/mol. The number of esters is 2. The van der Waals surface area contributed by atoms with Gasteiger partial charge in [0.15, 0.2) is 23.8 Å². The van der Waals surface area contributed by atoms with Crippen LogP contribution in [0.5, 0.6) is 17.2 Å². The topological polar surface area (TPSA) is 92.6 Å². The summed E-state index contributed by atoms with van der Waals surface area (Å²) in [5.74, 6) is 0.568. The molecule has 0 N–H and O–H groups in total. The SMILES string of the molecule is CCOc1cc(C=C2N=C(c3ccc(OC)cc3)OC2=O)cc(Br)c1OCC(=O)OC. The van der Waals surface area contributed by atoms with Crippen molar-refractivity contribution in [2.75, 3.05) is 27.4 Å². The van der Waals surface area contributed by atoms with Gasteiger partial charge < -0.3 is 23.7 Å². The molecule has 31 heavy (non-hydrogen) atoms. The van der Waals surface area contributed by atoms with E-state index < -0.39 is 11.9 Å². The molecule has 0 amide bonds. The van der Waals surface area contributed by atoms with Gasteiger partial charge in [-0.05, 0) is 70.9 Å². The van der Waals surface area contributed by atoms with Crippen molar-refractivity contribution in [2.45, 2.75) is 6.92 Å². The predicted molar refractivity (Wildman–Crippen MR) is 116 cm³/mol. The molecule has 0 aromatic heterocycles. The van der Waals surface area contributed by atoms with Gasteiger partial charge in [0.25, 0.3) is 0 Å². The molecule has 9 heteroatoms. The first-order chi connectivity index (χ1) is 14.9. The number of cyclic esters (lactones) is 1. The fraction of sp³-hybridized carbons (Fsp3) is 0.227. The summed E-state index contributed by atoms with van der Waals surface area (Å²) in [6, 6.07) is 10.4. The van der Waals surface area contributed by atoms with Crippen LogP contribution in [0.2, 0.25) is 0 Å². The molecule has 2 aromatic carbocycles. The third kappa shape index (κ3) is 5.43. The summed E-state index contributed by atoms with van der Waals surface area (Å²) < 4.78 is 26.7. The molecule has 0 saturated carbocycles. The Labute approximate surface area is 187 Å². The highest BCUT2D eigenvalue weighted by Crippen LogP contribution is 2.38. The van der Waals surface area contributed by atoms with Crippen molar-refractivity contribution >= 4 is 39.8 Å². The second-order valence-electron chi connectivity index (χ2n) is 6.19. The smallest absolute Gasteiger partial charge is 0.363 e. The molecule has 0 aliphatic carbocycles. The molecule has 1 aliphatic heterocycles. The first-order valence-electron chi connectivity index (χ1n) is 9.28. The van der Waals surface area contributed by atoms with Crippen LogP contribution in [0, 0.1) is 0 Å². The number of carbonyl (C=O) groups is 2. The predicted octanol–water partition coefficient (Wildman–Crippen LogP) is 3.75. The van der Waals surface area contributed by atoms with Crippen molar-refractivity contribution < 1.29 is 33.3 Å². The van der Waals surface area contributed by atoms with Crippen LogP contribution in [-0.4, -0.2) is 45.3 Å². The summed E-state index contributed by atoms with van der Waals surface area (Å²) in [6.45, 7) is 1.93. The molecule has 3 rings (SSSR count). The number of halogens is 1. The molecule has 0 spiro atoms. The molecule has 2 aromatic rings. The lowest BCUT2D eigenvalue weighted by atomic mass is 10.1. The number of nitrogens with zero attached hydrogens (tertiary/aromatic N) is 1. The minimum absolute atomic E-state index is 0.142. The summed E-state index contributed by atoms with van der Waals surface area (Å²) in [5.41, 5.74) is 1.43. The van der Waals surface area contributed by atoms with Gasteiger partial charge in [-0.2, -0.15) is 0 Å². The summed E-state index contributed by atoms with van der Waals surface area (Å²) in [6.07, 6.45) is 1.58. The Morgan fingerprint density at radius 2 is 1.90 bits per heavy atom. The molecule has 162 valence electrons. The number of aliphatic imine (C=N–C) groups is 1. The van der Waals surface area contributed by atoms with E-state index in [4.69, 9.17) is 18.9 Å². The zero-order valence-corrected chi connectivity index (χ0v) is 18.7. The summed E-state index contributed by atoms with van der Waals surface area (Å²) in [4.78, 5) is 28.0. The van der Waals surface area contributed by atoms with Gasteiger partial charge in [0.2, 0.25) is 5.90 Å². The zero-order valence-electron chi connectivity index (χ0n) is 17.1. The molecule has 8 nitrogen and oxygen atoms in total. The van der Waals surface area contributed by atoms with Crippen LogP contribution in [0.25, 0.3) is 6.08 Å². The van der Waals surface area contributed by atoms with Crippen molar-refractivity contribution in [2.24, 2.45) is 4.99 Å². The van der Waals surface area contributed by atoms with Gasteiger partial charge in [0.05, 0.1) is 25.3 Å². The van der Waals surface area contributed by atoms with E-state index in [-0.39, 0.29) is 18.2 Å². The second-order valence-corrected chi connectivity index (χ2v) is 7.05. The largest absolute Gasteiger partial charge is 0.497 e. The maximum Gasteiger partial charge on any atom is 0.363 e. The number of ether oxygens (including phenoxy) is 5. The molecule has 0 atom stereocenters. The average molecular weight is 490 g/mol. The minimum Gasteiger partial charge on any atom is -0.497 e. The van der Waals surface area contributed by atoms with Crippen LogP contribution in [0.4, 0.5) is 0 Å². The van der Waals surface area contributed by atoms with Crippen molar-refractivity contribution in [3.63, 3.8) is 0 Å². The molecule has 1 aliphatic rings. The number of rotatable bonds is 8. The highest BCUT2D eigenvalue weighted by atomic mass is 79.9. The van der Waals surface area contributed by atoms with Gasteiger partial charge in [0.1, 0.15) is 5.75 Å². The molecule has 0 fully saturated rings. The lowest BCUT2D eigenvalue weighted by Crippen LogP contribution is -2.13. The maximum atomic E-state index is 12.3. The molecule has 0 unspecified atom stereocenters. The third-order valence-corrected chi connectivity index (χ3v) is 4.74. The summed E-state index contributed by atoms with van der Waals surface area (Å²) >= 11 is 3.42. The van der Waals surface area contributed by atoms with Crippen molar-refractivity contribution in [1.29, 1.82) is 0 Å². The fourth-order valence-corrected chi connectivity index (χ4v) is 3.26. The molecular formula is C22H20BrNO7. The fourth-order valence-electron chi connectivity index (χ4n) is 2.69. The van der Waals surface area contributed by atoms with E-state index in [0.717, 1.165) is 0 Å². The first-order valence-corrected chi connectivity index (χ1v) is 10.1. The van der Waals surface area contributed by atoms with E-state index >= 15 is 0 Å². The quantitative estimate of drug-likeness (QED) is 0.411. The minimum atomic E-state index is -0.564. The van der Waals surface area contributed by atoms with Crippen LogP contribution >= 0.6 is 15.9 Å². The normalized spacial score (nSPS) is 14.1. The van der Waals surface area contributed by atoms with Crippen molar-refractivity contribution in [1.82, 2.24) is 0 Å². The van der Waals surface area contributed by atoms with Gasteiger partial charge in [-0.1, -0.05) is 0 Å². The van der Waals surface area contributed by atoms with Gasteiger partial charge in [-0.25, -0.2) is 14.6 Å². The van der Waals surface area contributed by atoms with E-state index in [1.54, 1.807) is 49.6 Å². The maximum absolute atomic E-state index is 12.3. The Kier molecular flexibility index (Phi) is 7.30. The summed E-state index contributed by atoms with van der Waals surface area (Å²) in [5, 5.41) is 0. The van der Waals surface area contributed by atoms with Crippen LogP contribution in [0.1, 0.15) is 18.1 Å². The van der Waals surface area contributed by atoms with Gasteiger partial charge in [-0.3, -0.25) is 0 Å². The number of methoxy groups -OCH3 is 2. The zero-order chi connectivity index (χ0) is 22.4. The summed E-state index contributed by atoms with van der Waals surface area (Å²) in [7, 11) is 2.85. The average Bonchev–Trinajstić information content (AvgIpc) is 3.13. The Hall–Kier alpha value is -3.33. The van der Waals surface area contributed by atoms with E-state index in [1.165, 1.54) is 7.11 Å². The Morgan fingerprint density at radius 3 is 2.55 bits per heavy atom. The molecule has 0 saturated heterocycles. The number of hydrogen-bond acceptors (Lipinski definition) is 8. The first kappa shape index (κ1) is 22.4. The number of carbonyl (C=O) groups excluding carboxylic acids is 2. The van der Waals surface area contributed by atoms with Gasteiger partial charge in [-0.15, -0.1) is 0 Å². The Bertz CT molecular complexity index is 1040. The van der Waals surface area contributed by atoms with E-state index in [0.29, 0.717) is 39.5 Å². The van der Waals surface area contributed by atoms with Crippen LogP contribution in [0.3, 0.4) is 0 Å². The lowest BCUT2D eigenvalue weighted by molar-refractivity contribution is -0.143. The molecule has 0 bridgehead atoms. The number of hydrogen-bond donors (Lipinski definition) is 0. The third-order valence-electron chi connectivity index (χ3n) is 4.15. The Morgan fingerprint density at radius 1 is 1.16 bits per heavy atom. The number of benzene rings is 2. The Balaban J connectivity index is 1.89. The molecule has 0 radical (unpaired) electrons. The highest BCUT2D eigenvalue weighted by molar-refractivity contribution is 9.10. The van der Waals surface area contributed by atoms with E-state index in [2.05, 4.69) is 25.7 Å². The molecular weight excluding hydrogens is 470 g/mol. The van der Waals surface area contributed by atoms with Crippen LogP contribution in [-0.2, 0) is 19.1 Å². The van der Waals surface area contributed by atoms with Crippen molar-refractivity contribution in [3.05, 3.63) is 57.7 Å². The van der Waals surface area contributed by atoms with E-state index in [1.807, 2.05) is 6.92 Å².